The quantitative estimate of drug-likeness (QED) is 0.397. The van der Waals surface area contributed by atoms with E-state index >= 15 is 0 Å². The maximum atomic E-state index is 6.31. The van der Waals surface area contributed by atoms with Crippen LogP contribution in [0.5, 0.6) is 0 Å². The third kappa shape index (κ3) is 1.96. The van der Waals surface area contributed by atoms with Crippen LogP contribution < -0.4 is 0 Å². The number of benzene rings is 2. The molecule has 0 N–H and O–H groups in total. The summed E-state index contributed by atoms with van der Waals surface area (Å²) in [6.07, 6.45) is 0. The molecule has 1 aromatic heterocycles. The van der Waals surface area contributed by atoms with E-state index in [0.717, 1.165) is 32.0 Å². The van der Waals surface area contributed by atoms with Crippen LogP contribution in [0, 0.1) is 4.51 Å². The van der Waals surface area contributed by atoms with Gasteiger partial charge in [0.25, 0.3) is 0 Å². The van der Waals surface area contributed by atoms with Crippen LogP contribution in [0.3, 0.4) is 0 Å². The molecule has 0 aliphatic rings. The number of fused-ring (bicyclic) bond motifs is 2. The molecule has 1 heterocycles. The molecule has 0 fully saturated rings. The fourth-order valence-electron chi connectivity index (χ4n) is 2.34. The van der Waals surface area contributed by atoms with E-state index in [-0.39, 0.29) is 0 Å². The summed E-state index contributed by atoms with van der Waals surface area (Å²) in [5.74, 6) is 0.360. The Morgan fingerprint density at radius 1 is 1.11 bits per heavy atom. The second-order valence-corrected chi connectivity index (χ2v) is 5.74. The average Bonchev–Trinajstić information content (AvgIpc) is 2.38. The molecular formula is C16H13ClOS. The molecule has 0 radical (unpaired) electrons. The maximum absolute atomic E-state index is 6.31. The van der Waals surface area contributed by atoms with Crippen molar-refractivity contribution in [3.63, 3.8) is 0 Å². The molecule has 0 atom stereocenters. The van der Waals surface area contributed by atoms with E-state index in [1.807, 2.05) is 36.4 Å². The summed E-state index contributed by atoms with van der Waals surface area (Å²) in [4.78, 5) is 0. The molecule has 0 bridgehead atoms. The zero-order valence-corrected chi connectivity index (χ0v) is 12.3. The van der Waals surface area contributed by atoms with E-state index in [9.17, 15) is 0 Å². The molecule has 0 aliphatic carbocycles. The lowest BCUT2D eigenvalue weighted by Crippen LogP contribution is -1.91. The second kappa shape index (κ2) is 4.62. The van der Waals surface area contributed by atoms with Gasteiger partial charge in [-0.2, -0.15) is 0 Å². The van der Waals surface area contributed by atoms with Crippen molar-refractivity contribution in [1.82, 2.24) is 0 Å². The van der Waals surface area contributed by atoms with E-state index in [0.29, 0.717) is 10.9 Å². The van der Waals surface area contributed by atoms with Gasteiger partial charge >= 0.3 is 0 Å². The van der Waals surface area contributed by atoms with Gasteiger partial charge < -0.3 is 4.42 Å². The highest BCUT2D eigenvalue weighted by Gasteiger charge is 2.13. The molecule has 0 unspecified atom stereocenters. The fourth-order valence-corrected chi connectivity index (χ4v) is 3.01. The van der Waals surface area contributed by atoms with Gasteiger partial charge in [0.15, 0.2) is 0 Å². The molecule has 0 spiro atoms. The predicted octanol–water partition coefficient (Wildman–Crippen LogP) is 6.09. The minimum Gasteiger partial charge on any atom is -0.456 e. The monoisotopic (exact) mass is 288 g/mol. The Balaban J connectivity index is 2.60. The number of hydrogen-bond acceptors (Lipinski definition) is 2. The average molecular weight is 289 g/mol. The van der Waals surface area contributed by atoms with Gasteiger partial charge in [0, 0.05) is 5.39 Å². The summed E-state index contributed by atoms with van der Waals surface area (Å²) in [6.45, 7) is 4.27. The molecule has 3 rings (SSSR count). The van der Waals surface area contributed by atoms with Crippen molar-refractivity contribution in [1.29, 1.82) is 0 Å². The Bertz CT molecular complexity index is 833. The Labute approximate surface area is 121 Å². The molecule has 96 valence electrons. The highest BCUT2D eigenvalue weighted by Crippen LogP contribution is 2.35. The molecule has 19 heavy (non-hydrogen) atoms. The van der Waals surface area contributed by atoms with Crippen molar-refractivity contribution in [2.24, 2.45) is 0 Å². The highest BCUT2D eigenvalue weighted by atomic mass is 35.5. The fraction of sp³-hybridized carbons (Fsp3) is 0.188. The van der Waals surface area contributed by atoms with Crippen molar-refractivity contribution in [3.8, 4) is 0 Å². The SMILES string of the molecule is CC(C)c1ccc(Cl)c2c(=S)c3ccccc3oc12. The number of halogens is 1. The van der Waals surface area contributed by atoms with Gasteiger partial charge in [-0.1, -0.05) is 55.9 Å². The van der Waals surface area contributed by atoms with Crippen molar-refractivity contribution >= 4 is 45.8 Å². The summed E-state index contributed by atoms with van der Waals surface area (Å²) in [5.41, 5.74) is 2.76. The van der Waals surface area contributed by atoms with Gasteiger partial charge in [0.1, 0.15) is 11.2 Å². The molecule has 3 aromatic rings. The highest BCUT2D eigenvalue weighted by molar-refractivity contribution is 7.72. The number of rotatable bonds is 1. The summed E-state index contributed by atoms with van der Waals surface area (Å²) < 4.78 is 6.82. The summed E-state index contributed by atoms with van der Waals surface area (Å²) >= 11 is 11.9. The predicted molar refractivity (Wildman–Crippen MR) is 83.7 cm³/mol. The van der Waals surface area contributed by atoms with Crippen LogP contribution in [-0.2, 0) is 0 Å². The Morgan fingerprint density at radius 3 is 2.58 bits per heavy atom. The Kier molecular flexibility index (Phi) is 3.08. The topological polar surface area (TPSA) is 13.1 Å². The third-order valence-corrected chi connectivity index (χ3v) is 4.07. The molecule has 0 aliphatic heterocycles. The van der Waals surface area contributed by atoms with E-state index < -0.39 is 0 Å². The van der Waals surface area contributed by atoms with Crippen LogP contribution >= 0.6 is 23.8 Å². The first-order valence-corrected chi connectivity index (χ1v) is 7.02. The van der Waals surface area contributed by atoms with E-state index in [2.05, 4.69) is 13.8 Å². The minimum absolute atomic E-state index is 0.360. The lowest BCUT2D eigenvalue weighted by Gasteiger charge is -2.11. The minimum atomic E-state index is 0.360. The van der Waals surface area contributed by atoms with Gasteiger partial charge in [0.2, 0.25) is 0 Å². The van der Waals surface area contributed by atoms with Gasteiger partial charge in [-0.05, 0) is 29.7 Å². The number of hydrogen-bond donors (Lipinski definition) is 0. The second-order valence-electron chi connectivity index (χ2n) is 4.92. The van der Waals surface area contributed by atoms with Crippen LogP contribution in [0.2, 0.25) is 5.02 Å². The molecule has 0 saturated carbocycles. The van der Waals surface area contributed by atoms with Crippen LogP contribution in [0.1, 0.15) is 25.3 Å². The van der Waals surface area contributed by atoms with E-state index in [4.69, 9.17) is 28.2 Å². The molecule has 3 heteroatoms. The summed E-state index contributed by atoms with van der Waals surface area (Å²) in [5, 5.41) is 2.44. The summed E-state index contributed by atoms with van der Waals surface area (Å²) in [6, 6.07) is 11.7. The molecule has 1 nitrogen and oxygen atoms in total. The van der Waals surface area contributed by atoms with Crippen molar-refractivity contribution in [3.05, 3.63) is 51.5 Å². The first-order chi connectivity index (χ1) is 9.09. The molecular weight excluding hydrogens is 276 g/mol. The zero-order chi connectivity index (χ0) is 13.6. The van der Waals surface area contributed by atoms with Crippen molar-refractivity contribution < 1.29 is 4.42 Å². The van der Waals surface area contributed by atoms with Gasteiger partial charge in [-0.3, -0.25) is 0 Å². The third-order valence-electron chi connectivity index (χ3n) is 3.33. The van der Waals surface area contributed by atoms with Crippen molar-refractivity contribution in [2.45, 2.75) is 19.8 Å². The molecule has 0 amide bonds. The largest absolute Gasteiger partial charge is 0.456 e. The van der Waals surface area contributed by atoms with E-state index in [1.165, 1.54) is 0 Å². The Hall–Kier alpha value is -1.38. The van der Waals surface area contributed by atoms with Crippen LogP contribution in [0.25, 0.3) is 21.9 Å². The van der Waals surface area contributed by atoms with Crippen LogP contribution in [0.15, 0.2) is 40.8 Å². The first-order valence-electron chi connectivity index (χ1n) is 6.23. The van der Waals surface area contributed by atoms with Gasteiger partial charge in [-0.25, -0.2) is 0 Å². The lowest BCUT2D eigenvalue weighted by molar-refractivity contribution is 0.648. The first kappa shape index (κ1) is 12.6. The normalized spacial score (nSPS) is 11.6. The number of para-hydroxylation sites is 1. The maximum Gasteiger partial charge on any atom is 0.141 e. The van der Waals surface area contributed by atoms with Crippen LogP contribution in [0.4, 0.5) is 0 Å². The Morgan fingerprint density at radius 2 is 1.84 bits per heavy atom. The smallest absolute Gasteiger partial charge is 0.141 e. The lowest BCUT2D eigenvalue weighted by atomic mass is 10.00. The van der Waals surface area contributed by atoms with Gasteiger partial charge in [0.05, 0.1) is 14.9 Å². The van der Waals surface area contributed by atoms with Gasteiger partial charge in [-0.15, -0.1) is 0 Å². The standard InChI is InChI=1S/C16H13ClOS/c1-9(2)10-7-8-12(17)14-15(10)18-13-6-4-3-5-11(13)16(14)19/h3-9H,1-2H3. The zero-order valence-electron chi connectivity index (χ0n) is 10.7. The summed E-state index contributed by atoms with van der Waals surface area (Å²) in [7, 11) is 0. The van der Waals surface area contributed by atoms with E-state index in [1.54, 1.807) is 0 Å². The van der Waals surface area contributed by atoms with Crippen LogP contribution in [-0.4, -0.2) is 0 Å². The van der Waals surface area contributed by atoms with Crippen molar-refractivity contribution in [2.75, 3.05) is 0 Å². The molecule has 2 aromatic carbocycles. The molecule has 0 saturated heterocycles.